The normalized spacial score (nSPS) is 12.1. The maximum Gasteiger partial charge on any atom is 0.242 e. The Balaban J connectivity index is 2.49. The maximum absolute atomic E-state index is 12.1. The summed E-state index contributed by atoms with van der Waals surface area (Å²) in [5.74, 6) is -0.237. The Bertz CT molecular complexity index is 469. The molecular formula is C16H24N2O2. The van der Waals surface area contributed by atoms with Crippen LogP contribution < -0.4 is 10.6 Å². The summed E-state index contributed by atoms with van der Waals surface area (Å²) in [4.78, 5) is 23.2. The van der Waals surface area contributed by atoms with Crippen molar-refractivity contribution in [2.45, 2.75) is 40.2 Å². The molecule has 0 fully saturated rings. The summed E-state index contributed by atoms with van der Waals surface area (Å²) in [6.07, 6.45) is 0.795. The lowest BCUT2D eigenvalue weighted by Crippen LogP contribution is -2.49. The number of carbonyl (C=O) groups is 2. The molecule has 20 heavy (non-hydrogen) atoms. The van der Waals surface area contributed by atoms with Gasteiger partial charge in [-0.25, -0.2) is 0 Å². The zero-order valence-corrected chi connectivity index (χ0v) is 12.7. The van der Waals surface area contributed by atoms with Gasteiger partial charge in [-0.15, -0.1) is 0 Å². The quantitative estimate of drug-likeness (QED) is 0.832. The second-order valence-electron chi connectivity index (χ2n) is 5.39. The predicted octanol–water partition coefficient (Wildman–Crippen LogP) is 1.81. The summed E-state index contributed by atoms with van der Waals surface area (Å²) < 4.78 is 0. The second kappa shape index (κ2) is 7.68. The van der Waals surface area contributed by atoms with Crippen molar-refractivity contribution in [3.8, 4) is 0 Å². The molecule has 4 heteroatoms. The van der Waals surface area contributed by atoms with E-state index >= 15 is 0 Å². The van der Waals surface area contributed by atoms with Crippen LogP contribution in [0.1, 0.15) is 31.9 Å². The van der Waals surface area contributed by atoms with Crippen molar-refractivity contribution in [2.24, 2.45) is 5.92 Å². The van der Waals surface area contributed by atoms with Gasteiger partial charge < -0.3 is 10.6 Å². The zero-order valence-electron chi connectivity index (χ0n) is 12.7. The predicted molar refractivity (Wildman–Crippen MR) is 80.3 cm³/mol. The van der Waals surface area contributed by atoms with Crippen molar-refractivity contribution in [3.63, 3.8) is 0 Å². The molecule has 2 N–H and O–H groups in total. The molecule has 1 atom stereocenters. The van der Waals surface area contributed by atoms with Gasteiger partial charge in [0.15, 0.2) is 0 Å². The molecule has 1 aromatic carbocycles. The van der Waals surface area contributed by atoms with Gasteiger partial charge >= 0.3 is 0 Å². The molecule has 0 spiro atoms. The third-order valence-corrected chi connectivity index (χ3v) is 3.26. The molecule has 0 aliphatic carbocycles. The van der Waals surface area contributed by atoms with Crippen LogP contribution >= 0.6 is 0 Å². The van der Waals surface area contributed by atoms with Crippen LogP contribution in [0, 0.1) is 12.8 Å². The molecule has 0 heterocycles. The number of benzene rings is 1. The monoisotopic (exact) mass is 276 g/mol. The van der Waals surface area contributed by atoms with Gasteiger partial charge in [0.2, 0.25) is 11.8 Å². The van der Waals surface area contributed by atoms with E-state index in [-0.39, 0.29) is 17.7 Å². The molecule has 0 unspecified atom stereocenters. The molecule has 0 saturated carbocycles. The molecule has 1 rings (SSSR count). The molecular weight excluding hydrogens is 252 g/mol. The highest BCUT2D eigenvalue weighted by atomic mass is 16.2. The van der Waals surface area contributed by atoms with Crippen LogP contribution in [0.5, 0.6) is 0 Å². The van der Waals surface area contributed by atoms with Crippen LogP contribution in [0.25, 0.3) is 0 Å². The Morgan fingerprint density at radius 3 is 2.40 bits per heavy atom. The molecule has 2 amide bonds. The van der Waals surface area contributed by atoms with Crippen molar-refractivity contribution >= 4 is 11.8 Å². The average Bonchev–Trinajstić information content (AvgIpc) is 2.37. The number of rotatable bonds is 6. The topological polar surface area (TPSA) is 58.2 Å². The van der Waals surface area contributed by atoms with E-state index in [1.807, 2.05) is 26.0 Å². The van der Waals surface area contributed by atoms with E-state index in [1.165, 1.54) is 18.1 Å². The largest absolute Gasteiger partial charge is 0.354 e. The summed E-state index contributed by atoms with van der Waals surface area (Å²) in [5.41, 5.74) is 2.46. The van der Waals surface area contributed by atoms with E-state index < -0.39 is 6.04 Å². The molecule has 1 aromatic rings. The summed E-state index contributed by atoms with van der Waals surface area (Å²) in [6.45, 7) is 7.90. The van der Waals surface area contributed by atoms with Gasteiger partial charge in [0.1, 0.15) is 6.04 Å². The first-order valence-corrected chi connectivity index (χ1v) is 7.01. The molecule has 0 aliphatic heterocycles. The summed E-state index contributed by atoms with van der Waals surface area (Å²) >= 11 is 0. The van der Waals surface area contributed by atoms with E-state index in [2.05, 4.69) is 29.7 Å². The molecule has 0 saturated heterocycles. The van der Waals surface area contributed by atoms with Gasteiger partial charge in [-0.1, -0.05) is 38.1 Å². The third kappa shape index (κ3) is 5.03. The van der Waals surface area contributed by atoms with Crippen molar-refractivity contribution in [1.82, 2.24) is 10.6 Å². The summed E-state index contributed by atoms with van der Waals surface area (Å²) in [5, 5.41) is 5.58. The van der Waals surface area contributed by atoms with Gasteiger partial charge in [0.25, 0.3) is 0 Å². The van der Waals surface area contributed by atoms with Gasteiger partial charge in [-0.05, 0) is 30.4 Å². The fourth-order valence-corrected chi connectivity index (χ4v) is 2.07. The van der Waals surface area contributed by atoms with Gasteiger partial charge in [-0.3, -0.25) is 9.59 Å². The van der Waals surface area contributed by atoms with Crippen molar-refractivity contribution in [3.05, 3.63) is 35.4 Å². The molecule has 0 aliphatic rings. The van der Waals surface area contributed by atoms with E-state index in [1.54, 1.807) is 0 Å². The number of aryl methyl sites for hydroxylation is 1. The standard InChI is InChI=1S/C16H24N2O2/c1-11(2)15(18-13(4)19)16(20)17-10-9-14-8-6-5-7-12(14)3/h5-8,11,15H,9-10H2,1-4H3,(H,17,20)(H,18,19)/t15-/m1/s1. The first-order valence-electron chi connectivity index (χ1n) is 7.01. The van der Waals surface area contributed by atoms with Gasteiger partial charge in [-0.2, -0.15) is 0 Å². The van der Waals surface area contributed by atoms with Crippen LogP contribution in [-0.2, 0) is 16.0 Å². The Morgan fingerprint density at radius 1 is 1.20 bits per heavy atom. The Labute approximate surface area is 121 Å². The number of hydrogen-bond donors (Lipinski definition) is 2. The van der Waals surface area contributed by atoms with Crippen LogP contribution in [0.2, 0.25) is 0 Å². The zero-order chi connectivity index (χ0) is 15.1. The van der Waals surface area contributed by atoms with E-state index in [4.69, 9.17) is 0 Å². The molecule has 0 aromatic heterocycles. The van der Waals surface area contributed by atoms with Crippen molar-refractivity contribution in [2.75, 3.05) is 6.54 Å². The Kier molecular flexibility index (Phi) is 6.22. The van der Waals surface area contributed by atoms with Crippen LogP contribution in [0.4, 0.5) is 0 Å². The molecule has 0 bridgehead atoms. The lowest BCUT2D eigenvalue weighted by molar-refractivity contribution is -0.129. The van der Waals surface area contributed by atoms with Crippen LogP contribution in [-0.4, -0.2) is 24.4 Å². The van der Waals surface area contributed by atoms with Crippen LogP contribution in [0.3, 0.4) is 0 Å². The highest BCUT2D eigenvalue weighted by Gasteiger charge is 2.22. The first-order chi connectivity index (χ1) is 9.41. The Hall–Kier alpha value is -1.84. The van der Waals surface area contributed by atoms with Crippen molar-refractivity contribution < 1.29 is 9.59 Å². The minimum absolute atomic E-state index is 0.0670. The first kappa shape index (κ1) is 16.2. The van der Waals surface area contributed by atoms with E-state index in [0.29, 0.717) is 6.54 Å². The highest BCUT2D eigenvalue weighted by Crippen LogP contribution is 2.07. The minimum Gasteiger partial charge on any atom is -0.354 e. The molecule has 0 radical (unpaired) electrons. The average molecular weight is 276 g/mol. The smallest absolute Gasteiger partial charge is 0.242 e. The molecule has 4 nitrogen and oxygen atoms in total. The molecule has 110 valence electrons. The number of hydrogen-bond acceptors (Lipinski definition) is 2. The van der Waals surface area contributed by atoms with Crippen molar-refractivity contribution in [1.29, 1.82) is 0 Å². The summed E-state index contributed by atoms with van der Waals surface area (Å²) in [7, 11) is 0. The summed E-state index contributed by atoms with van der Waals surface area (Å²) in [6, 6.07) is 7.66. The fraction of sp³-hybridized carbons (Fsp3) is 0.500. The number of nitrogens with one attached hydrogen (secondary N) is 2. The third-order valence-electron chi connectivity index (χ3n) is 3.26. The number of amides is 2. The minimum atomic E-state index is -0.468. The highest BCUT2D eigenvalue weighted by molar-refractivity contribution is 5.87. The Morgan fingerprint density at radius 2 is 1.85 bits per heavy atom. The van der Waals surface area contributed by atoms with E-state index in [0.717, 1.165) is 6.42 Å². The lowest BCUT2D eigenvalue weighted by atomic mass is 10.0. The SMILES string of the molecule is CC(=O)N[C@@H](C(=O)NCCc1ccccc1C)C(C)C. The lowest BCUT2D eigenvalue weighted by Gasteiger charge is -2.21. The van der Waals surface area contributed by atoms with E-state index in [9.17, 15) is 9.59 Å². The van der Waals surface area contributed by atoms with Gasteiger partial charge in [0, 0.05) is 13.5 Å². The van der Waals surface area contributed by atoms with Crippen LogP contribution in [0.15, 0.2) is 24.3 Å². The fourth-order valence-electron chi connectivity index (χ4n) is 2.07. The maximum atomic E-state index is 12.1. The van der Waals surface area contributed by atoms with Gasteiger partial charge in [0.05, 0.1) is 0 Å². The second-order valence-corrected chi connectivity index (χ2v) is 5.39. The number of carbonyl (C=O) groups excluding carboxylic acids is 2.